The Morgan fingerprint density at radius 3 is 2.58 bits per heavy atom. The van der Waals surface area contributed by atoms with Crippen molar-refractivity contribution in [3.63, 3.8) is 0 Å². The molecular weight excluding hydrogens is 225 g/mol. The van der Waals surface area contributed by atoms with Gasteiger partial charge in [0, 0.05) is 6.54 Å². The smallest absolute Gasteiger partial charge is 1.00 e. The predicted octanol–water partition coefficient (Wildman–Crippen LogP) is 0.587. The molecule has 0 fully saturated rings. The van der Waals surface area contributed by atoms with Crippen LogP contribution < -0.4 is 24.2 Å². The number of rotatable bonds is 1. The van der Waals surface area contributed by atoms with Gasteiger partial charge in [0.25, 0.3) is 0 Å². The van der Waals surface area contributed by atoms with Gasteiger partial charge in [-0.05, 0) is 34.2 Å². The maximum Gasteiger partial charge on any atom is 1.00 e. The molecule has 1 aliphatic carbocycles. The topological polar surface area (TPSA) is 12.0 Å². The van der Waals surface area contributed by atoms with Gasteiger partial charge < -0.3 is 6.74 Å². The summed E-state index contributed by atoms with van der Waals surface area (Å²) in [4.78, 5) is 0. The Morgan fingerprint density at radius 2 is 1.68 bits per heavy atom. The van der Waals surface area contributed by atoms with Gasteiger partial charge >= 0.3 is 18.9 Å². The van der Waals surface area contributed by atoms with Crippen molar-refractivity contribution in [1.82, 2.24) is 5.32 Å². The van der Waals surface area contributed by atoms with Gasteiger partial charge in [-0.2, -0.15) is 0 Å². The van der Waals surface area contributed by atoms with Crippen LogP contribution in [0.1, 0.15) is 29.7 Å². The zero-order valence-corrected chi connectivity index (χ0v) is 11.2. The molecule has 1 aliphatic heterocycles. The molecule has 1 nitrogen and oxygen atoms in total. The van der Waals surface area contributed by atoms with Crippen LogP contribution in [-0.4, -0.2) is 0 Å². The first-order valence-electron chi connectivity index (χ1n) is 6.53. The average molecular weight is 241 g/mol. The second kappa shape index (κ2) is 5.02. The predicted molar refractivity (Wildman–Crippen MR) is 75.3 cm³/mol. The van der Waals surface area contributed by atoms with Crippen LogP contribution in [0.4, 0.5) is 0 Å². The van der Waals surface area contributed by atoms with Crippen LogP contribution in [0.3, 0.4) is 0 Å². The molecule has 2 heteroatoms. The van der Waals surface area contributed by atoms with E-state index in [-0.39, 0.29) is 20.3 Å². The third-order valence-electron chi connectivity index (χ3n) is 4.04. The van der Waals surface area contributed by atoms with Gasteiger partial charge in [-0.25, -0.2) is 0 Å². The summed E-state index contributed by atoms with van der Waals surface area (Å²) in [6.45, 7) is 0.986. The van der Waals surface area contributed by atoms with Crippen molar-refractivity contribution in [1.29, 1.82) is 0 Å². The number of allylic oxidation sites excluding steroid dienone is 1. The van der Waals surface area contributed by atoms with Crippen LogP contribution in [0.5, 0.6) is 0 Å². The van der Waals surface area contributed by atoms with Crippen LogP contribution in [0, 0.1) is 0 Å². The van der Waals surface area contributed by atoms with Crippen molar-refractivity contribution < 1.29 is 20.3 Å². The molecule has 0 bridgehead atoms. The molecule has 2 aromatic carbocycles. The van der Waals surface area contributed by atoms with E-state index in [1.807, 2.05) is 0 Å². The minimum atomic E-state index is 0. The first kappa shape index (κ1) is 12.8. The summed E-state index contributed by atoms with van der Waals surface area (Å²) in [7, 11) is 0. The molecule has 2 aromatic rings. The molecule has 90 valence electrons. The first-order chi connectivity index (χ1) is 8.93. The molecule has 1 atom stereocenters. The summed E-state index contributed by atoms with van der Waals surface area (Å²) in [6, 6.07) is 17.9. The Kier molecular flexibility index (Phi) is 3.37. The van der Waals surface area contributed by atoms with E-state index in [4.69, 9.17) is 0 Å². The molecule has 0 saturated carbocycles. The normalized spacial score (nSPS) is 19.4. The van der Waals surface area contributed by atoms with E-state index in [2.05, 4.69) is 59.9 Å². The zero-order valence-electron chi connectivity index (χ0n) is 12.2. The first-order valence-corrected chi connectivity index (χ1v) is 6.53. The van der Waals surface area contributed by atoms with Gasteiger partial charge in [0.1, 0.15) is 0 Å². The Labute approximate surface area is 127 Å². The van der Waals surface area contributed by atoms with Crippen LogP contribution in [-0.2, 0) is 13.0 Å². The van der Waals surface area contributed by atoms with Crippen molar-refractivity contribution in [2.75, 3.05) is 0 Å². The van der Waals surface area contributed by atoms with Crippen molar-refractivity contribution in [3.05, 3.63) is 76.9 Å². The van der Waals surface area contributed by atoms with Crippen molar-refractivity contribution >= 4 is 5.57 Å². The monoisotopic (exact) mass is 241 g/mol. The van der Waals surface area contributed by atoms with E-state index in [1.165, 1.54) is 27.8 Å². The number of fused-ring (bicyclic) bond motifs is 2. The van der Waals surface area contributed by atoms with Crippen molar-refractivity contribution in [2.45, 2.75) is 19.0 Å². The maximum absolute atomic E-state index is 3.64. The van der Waals surface area contributed by atoms with E-state index in [0.29, 0.717) is 6.04 Å². The summed E-state index contributed by atoms with van der Waals surface area (Å²) in [5, 5.41) is 3.64. The molecule has 2 aliphatic rings. The Morgan fingerprint density at radius 1 is 0.947 bits per heavy atom. The Balaban J connectivity index is 0.000000735. The van der Waals surface area contributed by atoms with Gasteiger partial charge in [0.05, 0.1) is 6.04 Å². The summed E-state index contributed by atoms with van der Waals surface area (Å²) in [6.07, 6.45) is 3.45. The molecule has 1 unspecified atom stereocenters. The van der Waals surface area contributed by atoms with Crippen LogP contribution >= 0.6 is 0 Å². The second-order valence-corrected chi connectivity index (χ2v) is 5.03. The van der Waals surface area contributed by atoms with Gasteiger partial charge in [0.2, 0.25) is 0 Å². The average Bonchev–Trinajstić information content (AvgIpc) is 3.01. The number of benzene rings is 2. The molecule has 0 spiro atoms. The fourth-order valence-corrected chi connectivity index (χ4v) is 3.16. The summed E-state index contributed by atoms with van der Waals surface area (Å²) >= 11 is 0. The van der Waals surface area contributed by atoms with Crippen LogP contribution in [0.2, 0.25) is 0 Å². The molecule has 0 radical (unpaired) electrons. The molecule has 1 N–H and O–H groups in total. The Hall–Kier alpha value is -1.26. The number of hydrogen-bond donors (Lipinski definition) is 1. The zero-order chi connectivity index (χ0) is 11.9. The van der Waals surface area contributed by atoms with Gasteiger partial charge in [-0.15, -0.1) is 0 Å². The third kappa shape index (κ3) is 1.99. The van der Waals surface area contributed by atoms with E-state index in [1.54, 1.807) is 0 Å². The quantitative estimate of drug-likeness (QED) is 0.720. The van der Waals surface area contributed by atoms with Crippen molar-refractivity contribution in [2.24, 2.45) is 0 Å². The van der Waals surface area contributed by atoms with E-state index in [9.17, 15) is 0 Å². The van der Waals surface area contributed by atoms with Gasteiger partial charge in [-0.1, -0.05) is 54.6 Å². The maximum atomic E-state index is 3.64. The Bertz CT molecular complexity index is 651. The molecular formula is C17H16LiN. The minimum Gasteiger partial charge on any atom is -1.00 e. The molecule has 0 aromatic heterocycles. The largest absolute Gasteiger partial charge is 1.00 e. The molecule has 19 heavy (non-hydrogen) atoms. The summed E-state index contributed by atoms with van der Waals surface area (Å²) < 4.78 is 0. The summed E-state index contributed by atoms with van der Waals surface area (Å²) in [5.41, 5.74) is 7.22. The van der Waals surface area contributed by atoms with E-state index < -0.39 is 0 Å². The second-order valence-electron chi connectivity index (χ2n) is 5.03. The molecule has 1 heterocycles. The standard InChI is InChI=1S/C17H15N.Li.H/c1-3-7-14-12(5-1)9-10-16(14)17-15-8-4-2-6-13(15)11-18-17;;/h1-8,10,17-18H,9,11H2;;/q;+1;-1. The molecule has 0 saturated heterocycles. The number of hydrogen-bond acceptors (Lipinski definition) is 1. The molecule has 0 amide bonds. The fourth-order valence-electron chi connectivity index (χ4n) is 3.16. The molecule has 4 rings (SSSR count). The SMILES string of the molecule is C1=C(C2NCc3ccccc32)c2ccccc2C1.[H-].[Li+]. The number of nitrogens with one attached hydrogen (secondary N) is 1. The van der Waals surface area contributed by atoms with Gasteiger partial charge in [0.15, 0.2) is 0 Å². The van der Waals surface area contributed by atoms with E-state index >= 15 is 0 Å². The van der Waals surface area contributed by atoms with E-state index in [0.717, 1.165) is 13.0 Å². The van der Waals surface area contributed by atoms with Gasteiger partial charge in [-0.3, -0.25) is 0 Å². The summed E-state index contributed by atoms with van der Waals surface area (Å²) in [5.74, 6) is 0. The van der Waals surface area contributed by atoms with Crippen LogP contribution in [0.15, 0.2) is 54.6 Å². The fraction of sp³-hybridized carbons (Fsp3) is 0.176. The minimum absolute atomic E-state index is 0. The third-order valence-corrected chi connectivity index (χ3v) is 4.04. The van der Waals surface area contributed by atoms with Crippen LogP contribution in [0.25, 0.3) is 5.57 Å². The van der Waals surface area contributed by atoms with Crippen molar-refractivity contribution in [3.8, 4) is 0 Å².